The van der Waals surface area contributed by atoms with Crippen molar-refractivity contribution in [1.82, 2.24) is 5.32 Å². The molecule has 0 atom stereocenters. The SMILES string of the molecule is C#C.CC.CC.CC.C\C=C/C(=C\C(=C\CC)C(F)(F)F)CN=C(CNC(=O)C1CCC(C)(C)CC1)OC. The van der Waals surface area contributed by atoms with Gasteiger partial charge in [0.1, 0.15) is 0 Å². The molecule has 0 aromatic heterocycles. The maximum absolute atomic E-state index is 13.2. The van der Waals surface area contributed by atoms with Crippen molar-refractivity contribution < 1.29 is 22.7 Å². The van der Waals surface area contributed by atoms with Crippen LogP contribution in [-0.4, -0.2) is 38.2 Å². The molecule has 0 heterocycles. The smallest absolute Gasteiger partial charge is 0.416 e. The number of hydrogen-bond acceptors (Lipinski definition) is 3. The number of halogens is 3. The number of methoxy groups -OCH3 is 1. The standard InChI is InChI=1S/C23H35F3N2O2.3C2H6.C2H2/c1-6-8-17(14-19(9-7-2)23(24,25)26)15-27-20(30-5)16-28-21(29)18-10-12-22(3,4)13-11-18;4*1-2/h6,8-9,14,18H,7,10-13,15-16H2,1-5H3,(H,28,29);3*1-2H3;1-2H/b8-6-,17-14+,19-9-,27-20?;;;;. The highest BCUT2D eigenvalue weighted by Crippen LogP contribution is 2.37. The van der Waals surface area contributed by atoms with Crippen LogP contribution in [0.4, 0.5) is 13.2 Å². The summed E-state index contributed by atoms with van der Waals surface area (Å²) in [5.41, 5.74) is -0.00171. The number of aliphatic imine (C=N–C) groups is 1. The van der Waals surface area contributed by atoms with Gasteiger partial charge in [-0.15, -0.1) is 12.8 Å². The highest BCUT2D eigenvalue weighted by atomic mass is 19.4. The van der Waals surface area contributed by atoms with Crippen molar-refractivity contribution in [3.05, 3.63) is 35.5 Å². The Labute approximate surface area is 232 Å². The summed E-state index contributed by atoms with van der Waals surface area (Å²) in [5, 5.41) is 2.85. The van der Waals surface area contributed by atoms with Gasteiger partial charge in [-0.1, -0.05) is 80.5 Å². The molecule has 0 aromatic carbocycles. The van der Waals surface area contributed by atoms with Gasteiger partial charge in [-0.2, -0.15) is 13.2 Å². The highest BCUT2D eigenvalue weighted by molar-refractivity contribution is 5.86. The molecule has 0 spiro atoms. The maximum Gasteiger partial charge on any atom is 0.416 e. The Kier molecular flexibility index (Phi) is 29.3. The molecule has 4 nitrogen and oxygen atoms in total. The van der Waals surface area contributed by atoms with Gasteiger partial charge in [0.15, 0.2) is 0 Å². The van der Waals surface area contributed by atoms with Crippen molar-refractivity contribution in [2.75, 3.05) is 20.2 Å². The fourth-order valence-corrected chi connectivity index (χ4v) is 3.38. The Bertz CT molecular complexity index is 721. The highest BCUT2D eigenvalue weighted by Gasteiger charge is 2.32. The van der Waals surface area contributed by atoms with Crippen LogP contribution >= 0.6 is 0 Å². The minimum Gasteiger partial charge on any atom is -0.483 e. The van der Waals surface area contributed by atoms with Crippen LogP contribution in [0.5, 0.6) is 0 Å². The zero-order valence-corrected chi connectivity index (χ0v) is 25.9. The van der Waals surface area contributed by atoms with Crippen LogP contribution in [-0.2, 0) is 9.53 Å². The van der Waals surface area contributed by atoms with Crippen LogP contribution in [0.1, 0.15) is 101 Å². The first-order chi connectivity index (χ1) is 18.0. The van der Waals surface area contributed by atoms with Gasteiger partial charge in [-0.05, 0) is 56.1 Å². The molecule has 0 bridgehead atoms. The lowest BCUT2D eigenvalue weighted by Crippen LogP contribution is -2.37. The number of nitrogens with zero attached hydrogens (tertiary/aromatic N) is 1. The van der Waals surface area contributed by atoms with Crippen molar-refractivity contribution in [3.8, 4) is 12.8 Å². The van der Waals surface area contributed by atoms with Gasteiger partial charge in [0.2, 0.25) is 11.8 Å². The molecular formula is C31H55F3N2O2. The molecule has 1 amide bonds. The molecule has 1 N–H and O–H groups in total. The van der Waals surface area contributed by atoms with Crippen molar-refractivity contribution in [2.24, 2.45) is 16.3 Å². The number of allylic oxidation sites excluding steroid dienone is 4. The van der Waals surface area contributed by atoms with E-state index in [9.17, 15) is 18.0 Å². The number of amides is 1. The van der Waals surface area contributed by atoms with Gasteiger partial charge >= 0.3 is 6.18 Å². The molecular weight excluding hydrogens is 489 g/mol. The lowest BCUT2D eigenvalue weighted by atomic mass is 9.73. The second-order valence-electron chi connectivity index (χ2n) is 8.36. The normalized spacial score (nSPS) is 15.7. The van der Waals surface area contributed by atoms with Gasteiger partial charge in [0.25, 0.3) is 0 Å². The minimum absolute atomic E-state index is 0.0110. The number of nitrogens with one attached hydrogen (secondary N) is 1. The number of carbonyl (C=O) groups excluding carboxylic acids is 1. The molecule has 0 aliphatic heterocycles. The van der Waals surface area contributed by atoms with E-state index in [4.69, 9.17) is 4.74 Å². The molecule has 1 saturated carbocycles. The first kappa shape index (κ1) is 42.6. The van der Waals surface area contributed by atoms with Crippen molar-refractivity contribution in [1.29, 1.82) is 0 Å². The van der Waals surface area contributed by atoms with E-state index in [1.807, 2.05) is 41.5 Å². The van der Waals surface area contributed by atoms with Gasteiger partial charge in [-0.3, -0.25) is 4.79 Å². The van der Waals surface area contributed by atoms with Gasteiger partial charge in [0.05, 0.1) is 25.8 Å². The molecule has 0 unspecified atom stereocenters. The number of carbonyl (C=O) groups is 1. The number of hydrogen-bond donors (Lipinski definition) is 1. The van der Waals surface area contributed by atoms with Crippen molar-refractivity contribution in [3.63, 3.8) is 0 Å². The molecule has 1 fully saturated rings. The average molecular weight is 545 g/mol. The summed E-state index contributed by atoms with van der Waals surface area (Å²) in [4.78, 5) is 16.7. The van der Waals surface area contributed by atoms with E-state index in [2.05, 4.69) is 37.0 Å². The first-order valence-corrected chi connectivity index (χ1v) is 13.8. The summed E-state index contributed by atoms with van der Waals surface area (Å²) in [6.07, 6.45) is 13.1. The number of rotatable bonds is 8. The van der Waals surface area contributed by atoms with E-state index in [1.165, 1.54) is 7.11 Å². The molecule has 1 rings (SSSR count). The summed E-state index contributed by atoms with van der Waals surface area (Å²) < 4.78 is 44.7. The third-order valence-corrected chi connectivity index (χ3v) is 5.27. The fourth-order valence-electron chi connectivity index (χ4n) is 3.38. The molecule has 0 saturated heterocycles. The van der Waals surface area contributed by atoms with Gasteiger partial charge < -0.3 is 10.1 Å². The lowest BCUT2D eigenvalue weighted by Gasteiger charge is -2.33. The Morgan fingerprint density at radius 2 is 1.58 bits per heavy atom. The second-order valence-corrected chi connectivity index (χ2v) is 8.36. The van der Waals surface area contributed by atoms with E-state index in [0.29, 0.717) is 5.57 Å². The molecule has 0 aromatic rings. The fraction of sp³-hybridized carbons (Fsp3) is 0.677. The van der Waals surface area contributed by atoms with Crippen LogP contribution in [0.15, 0.2) is 40.4 Å². The number of ether oxygens (including phenoxy) is 1. The second kappa shape index (κ2) is 26.1. The third-order valence-electron chi connectivity index (χ3n) is 5.27. The molecule has 222 valence electrons. The third kappa shape index (κ3) is 20.6. The topological polar surface area (TPSA) is 50.7 Å². The van der Waals surface area contributed by atoms with E-state index >= 15 is 0 Å². The summed E-state index contributed by atoms with van der Waals surface area (Å²) in [5.74, 6) is 0.246. The van der Waals surface area contributed by atoms with E-state index < -0.39 is 11.7 Å². The Morgan fingerprint density at radius 1 is 1.08 bits per heavy atom. The molecule has 1 aliphatic rings. The Morgan fingerprint density at radius 3 is 1.97 bits per heavy atom. The monoisotopic (exact) mass is 544 g/mol. The Hall–Kier alpha value is -2.49. The van der Waals surface area contributed by atoms with Crippen LogP contribution in [0, 0.1) is 24.2 Å². The van der Waals surface area contributed by atoms with Gasteiger partial charge in [0, 0.05) is 5.92 Å². The van der Waals surface area contributed by atoms with Gasteiger partial charge in [-0.25, -0.2) is 4.99 Å². The summed E-state index contributed by atoms with van der Waals surface area (Å²) in [7, 11) is 1.44. The van der Waals surface area contributed by atoms with Crippen molar-refractivity contribution in [2.45, 2.75) is 108 Å². The molecule has 7 heteroatoms. The zero-order chi connectivity index (χ0) is 30.8. The predicted octanol–water partition coefficient (Wildman–Crippen LogP) is 9.09. The largest absolute Gasteiger partial charge is 0.483 e. The van der Waals surface area contributed by atoms with E-state index in [1.54, 1.807) is 26.0 Å². The van der Waals surface area contributed by atoms with Crippen LogP contribution in [0.2, 0.25) is 0 Å². The molecule has 38 heavy (non-hydrogen) atoms. The quantitative estimate of drug-likeness (QED) is 0.143. The minimum atomic E-state index is -4.42. The number of alkyl halides is 3. The lowest BCUT2D eigenvalue weighted by molar-refractivity contribution is -0.126. The van der Waals surface area contributed by atoms with Crippen LogP contribution < -0.4 is 5.32 Å². The summed E-state index contributed by atoms with van der Waals surface area (Å²) in [6.45, 7) is 20.0. The predicted molar refractivity (Wildman–Crippen MR) is 159 cm³/mol. The first-order valence-electron chi connectivity index (χ1n) is 13.8. The molecule has 1 aliphatic carbocycles. The van der Waals surface area contributed by atoms with Crippen molar-refractivity contribution >= 4 is 11.8 Å². The summed E-state index contributed by atoms with van der Waals surface area (Å²) in [6, 6.07) is 0. The van der Waals surface area contributed by atoms with Crippen LogP contribution in [0.25, 0.3) is 0 Å². The summed E-state index contributed by atoms with van der Waals surface area (Å²) >= 11 is 0. The van der Waals surface area contributed by atoms with E-state index in [-0.39, 0.29) is 42.6 Å². The maximum atomic E-state index is 13.2. The average Bonchev–Trinajstić information content (AvgIpc) is 2.92. The Balaban J connectivity index is -0.000000656. The van der Waals surface area contributed by atoms with Crippen LogP contribution in [0.3, 0.4) is 0 Å². The number of terminal acetylenes is 1. The van der Waals surface area contributed by atoms with E-state index in [0.717, 1.165) is 37.8 Å². The molecule has 0 radical (unpaired) electrons. The zero-order valence-electron chi connectivity index (χ0n) is 25.9.